The summed E-state index contributed by atoms with van der Waals surface area (Å²) in [6, 6.07) is -0.145. The number of aromatic amines is 2. The topological polar surface area (TPSA) is 186 Å². The molecular weight excluding hydrogens is 594 g/mol. The van der Waals surface area contributed by atoms with Gasteiger partial charge in [0.25, 0.3) is 0 Å². The molecule has 5 heterocycles. The molecule has 7 N–H and O–H groups in total. The highest BCUT2D eigenvalue weighted by Gasteiger charge is 2.61. The molecule has 0 bridgehead atoms. The van der Waals surface area contributed by atoms with Gasteiger partial charge in [0, 0.05) is 77.8 Å². The summed E-state index contributed by atoms with van der Waals surface area (Å²) in [6.07, 6.45) is 5.12. The van der Waals surface area contributed by atoms with Crippen LogP contribution in [0.15, 0.2) is 18.4 Å². The summed E-state index contributed by atoms with van der Waals surface area (Å²) in [5, 5.41) is 28.5. The van der Waals surface area contributed by atoms with Crippen LogP contribution in [-0.4, -0.2) is 67.3 Å². The van der Waals surface area contributed by atoms with E-state index in [0.29, 0.717) is 32.2 Å². The smallest absolute Gasteiger partial charge is 0.303 e. The highest BCUT2D eigenvalue weighted by atomic mass is 32.1. The van der Waals surface area contributed by atoms with Crippen molar-refractivity contribution in [3.05, 3.63) is 63.4 Å². The molecule has 0 radical (unpaired) electrons. The predicted molar refractivity (Wildman–Crippen MR) is 173 cm³/mol. The summed E-state index contributed by atoms with van der Waals surface area (Å²) in [5.41, 5.74) is 7.47. The van der Waals surface area contributed by atoms with Crippen molar-refractivity contribution in [1.29, 1.82) is 0 Å². The van der Waals surface area contributed by atoms with Crippen LogP contribution in [0.2, 0.25) is 0 Å². The summed E-state index contributed by atoms with van der Waals surface area (Å²) in [7, 11) is 0. The number of rotatable bonds is 13. The maximum absolute atomic E-state index is 12.7. The highest BCUT2D eigenvalue weighted by molar-refractivity contribution is 7.80. The fourth-order valence-corrected chi connectivity index (χ4v) is 7.77. The van der Waals surface area contributed by atoms with E-state index in [9.17, 15) is 29.4 Å². The Morgan fingerprint density at radius 2 is 1.62 bits per heavy atom. The SMILES string of the molecule is C=CC1C(=O)N[C@H](Cc2[nH]c(Cc3[nH]c(/C=C4\NC(=O)[C@H](C)[C@H]4[C@@H](C)S)c(C)c3CCC(=O)O)c(CCC(=O)O)c2C)[C@@]12CN2. The Bertz CT molecular complexity index is 1580. The van der Waals surface area contributed by atoms with E-state index in [4.69, 9.17) is 0 Å². The van der Waals surface area contributed by atoms with Gasteiger partial charge in [0.2, 0.25) is 11.8 Å². The number of amides is 2. The minimum Gasteiger partial charge on any atom is -0.481 e. The molecule has 1 spiro atoms. The molecule has 0 aromatic carbocycles. The van der Waals surface area contributed by atoms with E-state index in [1.807, 2.05) is 33.8 Å². The monoisotopic (exact) mass is 637 g/mol. The van der Waals surface area contributed by atoms with Gasteiger partial charge in [0.1, 0.15) is 0 Å². The van der Waals surface area contributed by atoms with Crippen LogP contribution in [0.4, 0.5) is 0 Å². The van der Waals surface area contributed by atoms with Crippen LogP contribution in [0.3, 0.4) is 0 Å². The van der Waals surface area contributed by atoms with E-state index >= 15 is 0 Å². The van der Waals surface area contributed by atoms with Crippen molar-refractivity contribution < 1.29 is 29.4 Å². The van der Waals surface area contributed by atoms with Crippen LogP contribution in [0, 0.1) is 31.6 Å². The van der Waals surface area contributed by atoms with E-state index in [0.717, 1.165) is 50.7 Å². The van der Waals surface area contributed by atoms with Gasteiger partial charge in [0.05, 0.1) is 17.5 Å². The fourth-order valence-electron chi connectivity index (χ4n) is 7.35. The van der Waals surface area contributed by atoms with E-state index in [-0.39, 0.29) is 59.2 Å². The first kappa shape index (κ1) is 32.6. The van der Waals surface area contributed by atoms with Crippen molar-refractivity contribution in [2.75, 3.05) is 6.54 Å². The number of allylic oxidation sites excluding steroid dienone is 1. The Kier molecular flexibility index (Phi) is 9.10. The Hall–Kier alpha value is -3.77. The number of carbonyl (C=O) groups excluding carboxylic acids is 2. The number of carboxylic acid groups (broad SMARTS) is 2. The van der Waals surface area contributed by atoms with Gasteiger partial charge < -0.3 is 36.1 Å². The molecule has 0 aliphatic carbocycles. The molecule has 12 heteroatoms. The van der Waals surface area contributed by atoms with E-state index in [2.05, 4.69) is 45.1 Å². The minimum atomic E-state index is -0.901. The molecule has 2 aromatic heterocycles. The number of hydrogen-bond acceptors (Lipinski definition) is 6. The third-order valence-electron chi connectivity index (χ3n) is 10.0. The first-order chi connectivity index (χ1) is 21.3. The molecule has 11 nitrogen and oxygen atoms in total. The number of nitrogens with one attached hydrogen (secondary N) is 5. The third kappa shape index (κ3) is 6.22. The summed E-state index contributed by atoms with van der Waals surface area (Å²) in [6.45, 7) is 12.3. The number of carbonyl (C=O) groups is 4. The van der Waals surface area contributed by atoms with Gasteiger partial charge in [-0.1, -0.05) is 19.9 Å². The lowest BCUT2D eigenvalue weighted by Gasteiger charge is -2.18. The number of carboxylic acids is 2. The molecule has 3 aliphatic rings. The molecular formula is C33H43N5O6S. The van der Waals surface area contributed by atoms with E-state index < -0.39 is 11.9 Å². The number of H-pyrrole nitrogens is 2. The zero-order chi connectivity index (χ0) is 32.8. The Balaban J connectivity index is 1.52. The van der Waals surface area contributed by atoms with Gasteiger partial charge in [-0.05, 0) is 55.0 Å². The molecule has 6 atom stereocenters. The van der Waals surface area contributed by atoms with Gasteiger partial charge in [-0.15, -0.1) is 6.58 Å². The molecule has 3 aliphatic heterocycles. The van der Waals surface area contributed by atoms with E-state index in [1.54, 1.807) is 6.08 Å². The molecule has 2 aromatic rings. The quantitative estimate of drug-likeness (QED) is 0.0942. The molecule has 2 amide bonds. The van der Waals surface area contributed by atoms with Crippen molar-refractivity contribution >= 4 is 42.5 Å². The maximum atomic E-state index is 12.7. The highest BCUT2D eigenvalue weighted by Crippen LogP contribution is 2.40. The van der Waals surface area contributed by atoms with Crippen LogP contribution in [0.25, 0.3) is 6.08 Å². The third-order valence-corrected chi connectivity index (χ3v) is 10.3. The van der Waals surface area contributed by atoms with Crippen LogP contribution >= 0.6 is 12.6 Å². The number of thiol groups is 1. The van der Waals surface area contributed by atoms with E-state index in [1.165, 1.54) is 0 Å². The summed E-state index contributed by atoms with van der Waals surface area (Å²) < 4.78 is 0. The molecule has 3 fully saturated rings. The zero-order valence-corrected chi connectivity index (χ0v) is 27.1. The van der Waals surface area contributed by atoms with Gasteiger partial charge in [-0.2, -0.15) is 12.6 Å². The van der Waals surface area contributed by atoms with Gasteiger partial charge >= 0.3 is 11.9 Å². The Labute approximate surface area is 268 Å². The first-order valence-corrected chi connectivity index (χ1v) is 16.0. The van der Waals surface area contributed by atoms with Gasteiger partial charge in [-0.3, -0.25) is 19.2 Å². The molecule has 3 saturated heterocycles. The second kappa shape index (κ2) is 12.6. The molecule has 1 unspecified atom stereocenters. The second-order valence-electron chi connectivity index (χ2n) is 12.8. The zero-order valence-electron chi connectivity index (χ0n) is 26.2. The molecule has 0 saturated carbocycles. The lowest BCUT2D eigenvalue weighted by Crippen LogP contribution is -2.39. The van der Waals surface area contributed by atoms with Crippen molar-refractivity contribution in [3.8, 4) is 0 Å². The molecule has 45 heavy (non-hydrogen) atoms. The Morgan fingerprint density at radius 1 is 1.02 bits per heavy atom. The number of aromatic nitrogens is 2. The fraction of sp³-hybridized carbons (Fsp3) is 0.515. The van der Waals surface area contributed by atoms with Gasteiger partial charge in [0.15, 0.2) is 0 Å². The van der Waals surface area contributed by atoms with Crippen LogP contribution in [-0.2, 0) is 44.9 Å². The number of aliphatic carboxylic acids is 2. The second-order valence-corrected chi connectivity index (χ2v) is 13.6. The number of hydrogen-bond donors (Lipinski definition) is 8. The lowest BCUT2D eigenvalue weighted by atomic mass is 9.87. The summed E-state index contributed by atoms with van der Waals surface area (Å²) in [4.78, 5) is 55.5. The largest absolute Gasteiger partial charge is 0.481 e. The van der Waals surface area contributed by atoms with Crippen LogP contribution < -0.4 is 16.0 Å². The van der Waals surface area contributed by atoms with Crippen molar-refractivity contribution in [2.24, 2.45) is 17.8 Å². The molecule has 242 valence electrons. The molecule has 5 rings (SSSR count). The average molecular weight is 638 g/mol. The predicted octanol–water partition coefficient (Wildman–Crippen LogP) is 2.81. The van der Waals surface area contributed by atoms with Crippen molar-refractivity contribution in [2.45, 2.75) is 83.1 Å². The standard InChI is InChI=1S/C33H43N5O6S/c1-6-21-32(44)38-27(33(21)14-34-33)13-23-16(3)20(8-10-29(41)42)25(36-23)12-24-19(7-9-28(39)40)15(2)22(35-24)11-26-30(18(5)45)17(4)31(43)37-26/h6,11,17-18,21,27,30,34-36,45H,1,7-10,12-14H2,2-5H3,(H,37,43)(H,38,44)(H,39,40)(H,41,42)/b26-11-/t17-,18-,21?,27-,30+,33-/m1/s1. The first-order valence-electron chi connectivity index (χ1n) is 15.5. The van der Waals surface area contributed by atoms with Crippen molar-refractivity contribution in [3.63, 3.8) is 0 Å². The summed E-state index contributed by atoms with van der Waals surface area (Å²) >= 11 is 4.63. The maximum Gasteiger partial charge on any atom is 0.303 e. The lowest BCUT2D eigenvalue weighted by molar-refractivity contribution is -0.138. The van der Waals surface area contributed by atoms with Crippen LogP contribution in [0.1, 0.15) is 71.7 Å². The normalized spacial score (nSPS) is 27.2. The van der Waals surface area contributed by atoms with Crippen LogP contribution in [0.5, 0.6) is 0 Å². The minimum absolute atomic E-state index is 0.0382. The van der Waals surface area contributed by atoms with Crippen molar-refractivity contribution in [1.82, 2.24) is 25.9 Å². The Morgan fingerprint density at radius 3 is 2.18 bits per heavy atom. The van der Waals surface area contributed by atoms with Gasteiger partial charge in [-0.25, -0.2) is 0 Å². The average Bonchev–Trinajstić information content (AvgIpc) is 3.43. The summed E-state index contributed by atoms with van der Waals surface area (Å²) in [5.74, 6) is -2.53.